The van der Waals surface area contributed by atoms with Crippen LogP contribution in [0.4, 0.5) is 0 Å². The molecule has 2 rings (SSSR count). The molecule has 1 heterocycles. The van der Waals surface area contributed by atoms with Gasteiger partial charge in [0.1, 0.15) is 4.88 Å². The summed E-state index contributed by atoms with van der Waals surface area (Å²) in [5.41, 5.74) is 0.802. The lowest BCUT2D eigenvalue weighted by Gasteiger charge is -2.05. The van der Waals surface area contributed by atoms with Crippen molar-refractivity contribution in [1.82, 2.24) is 4.72 Å². The van der Waals surface area contributed by atoms with Crippen LogP contribution in [0.15, 0.2) is 45.1 Å². The molecule has 0 aliphatic carbocycles. The molecule has 0 fully saturated rings. The Labute approximate surface area is 128 Å². The fraction of sp³-hybridized carbons (Fsp3) is 0.0833. The van der Waals surface area contributed by atoms with Crippen molar-refractivity contribution in [3.63, 3.8) is 0 Å². The van der Waals surface area contributed by atoms with Gasteiger partial charge in [-0.3, -0.25) is 0 Å². The van der Waals surface area contributed by atoms with Crippen LogP contribution < -0.4 is 4.72 Å². The van der Waals surface area contributed by atoms with E-state index >= 15 is 0 Å². The summed E-state index contributed by atoms with van der Waals surface area (Å²) in [6.07, 6.45) is 0. The molecule has 0 aliphatic rings. The number of carboxylic acids is 1. The zero-order chi connectivity index (χ0) is 14.8. The van der Waals surface area contributed by atoms with Gasteiger partial charge in [-0.2, -0.15) is 0 Å². The van der Waals surface area contributed by atoms with Gasteiger partial charge in [-0.1, -0.05) is 28.1 Å². The Balaban J connectivity index is 2.12. The Hall–Kier alpha value is -1.22. The maximum absolute atomic E-state index is 12.0. The lowest BCUT2D eigenvalue weighted by atomic mass is 10.2. The highest BCUT2D eigenvalue weighted by Gasteiger charge is 2.18. The summed E-state index contributed by atoms with van der Waals surface area (Å²) in [5, 5.41) is 10.1. The summed E-state index contributed by atoms with van der Waals surface area (Å²) in [6, 6.07) is 8.40. The predicted molar refractivity (Wildman–Crippen MR) is 79.4 cm³/mol. The van der Waals surface area contributed by atoms with E-state index in [1.54, 1.807) is 18.2 Å². The Morgan fingerprint density at radius 3 is 2.70 bits per heavy atom. The standard InChI is InChI=1S/C12H10BrNO4S2/c13-9-3-1-2-8(4-9)6-14-20(17,18)10-5-11(12(15)16)19-7-10/h1-5,7,14H,6H2,(H,15,16). The third kappa shape index (κ3) is 3.66. The molecular formula is C12H10BrNO4S2. The Kier molecular flexibility index (Phi) is 4.59. The molecule has 5 nitrogen and oxygen atoms in total. The van der Waals surface area contributed by atoms with Crippen LogP contribution in [-0.2, 0) is 16.6 Å². The summed E-state index contributed by atoms with van der Waals surface area (Å²) >= 11 is 4.19. The normalized spacial score (nSPS) is 11.4. The molecule has 0 bridgehead atoms. The zero-order valence-corrected chi connectivity index (χ0v) is 13.3. The number of benzene rings is 1. The van der Waals surface area contributed by atoms with Gasteiger partial charge in [0.2, 0.25) is 10.0 Å². The molecule has 1 aromatic carbocycles. The Morgan fingerprint density at radius 1 is 1.35 bits per heavy atom. The smallest absolute Gasteiger partial charge is 0.345 e. The van der Waals surface area contributed by atoms with Crippen LogP contribution in [0.25, 0.3) is 0 Å². The minimum absolute atomic E-state index is 0.00664. The number of hydrogen-bond acceptors (Lipinski definition) is 4. The minimum atomic E-state index is -3.70. The van der Waals surface area contributed by atoms with Crippen molar-refractivity contribution >= 4 is 43.3 Å². The second-order valence-electron chi connectivity index (χ2n) is 3.91. The molecule has 8 heteroatoms. The van der Waals surface area contributed by atoms with Gasteiger partial charge in [0, 0.05) is 16.4 Å². The van der Waals surface area contributed by atoms with E-state index in [-0.39, 0.29) is 16.3 Å². The van der Waals surface area contributed by atoms with Crippen LogP contribution in [0.1, 0.15) is 15.2 Å². The minimum Gasteiger partial charge on any atom is -0.477 e. The van der Waals surface area contributed by atoms with Crippen LogP contribution >= 0.6 is 27.3 Å². The lowest BCUT2D eigenvalue weighted by molar-refractivity contribution is 0.0702. The van der Waals surface area contributed by atoms with E-state index in [0.717, 1.165) is 27.4 Å². The summed E-state index contributed by atoms with van der Waals surface area (Å²) in [4.78, 5) is 10.7. The van der Waals surface area contributed by atoms with Gasteiger partial charge in [-0.05, 0) is 23.8 Å². The third-order valence-electron chi connectivity index (χ3n) is 2.45. The van der Waals surface area contributed by atoms with E-state index in [9.17, 15) is 13.2 Å². The van der Waals surface area contributed by atoms with Crippen molar-refractivity contribution in [2.45, 2.75) is 11.4 Å². The van der Waals surface area contributed by atoms with E-state index in [0.29, 0.717) is 0 Å². The van der Waals surface area contributed by atoms with E-state index < -0.39 is 16.0 Å². The van der Waals surface area contributed by atoms with Crippen molar-refractivity contribution in [2.24, 2.45) is 0 Å². The molecule has 1 aromatic heterocycles. The zero-order valence-electron chi connectivity index (χ0n) is 10.0. The first-order valence-corrected chi connectivity index (χ1v) is 8.60. The molecule has 0 aliphatic heterocycles. The summed E-state index contributed by atoms with van der Waals surface area (Å²) < 4.78 is 27.3. The van der Waals surface area contributed by atoms with Gasteiger partial charge in [-0.25, -0.2) is 17.9 Å². The van der Waals surface area contributed by atoms with Gasteiger partial charge < -0.3 is 5.11 Å². The van der Waals surface area contributed by atoms with Crippen molar-refractivity contribution in [3.8, 4) is 0 Å². The average molecular weight is 376 g/mol. The van der Waals surface area contributed by atoms with Crippen LogP contribution in [0.5, 0.6) is 0 Å². The number of thiophene rings is 1. The molecule has 20 heavy (non-hydrogen) atoms. The van der Waals surface area contributed by atoms with Gasteiger partial charge >= 0.3 is 5.97 Å². The highest BCUT2D eigenvalue weighted by molar-refractivity contribution is 9.10. The van der Waals surface area contributed by atoms with Crippen LogP contribution in [0.3, 0.4) is 0 Å². The number of nitrogens with one attached hydrogen (secondary N) is 1. The monoisotopic (exact) mass is 375 g/mol. The maximum atomic E-state index is 12.0. The van der Waals surface area contributed by atoms with Crippen LogP contribution in [-0.4, -0.2) is 19.5 Å². The molecule has 0 radical (unpaired) electrons. The van der Waals surface area contributed by atoms with Crippen molar-refractivity contribution in [2.75, 3.05) is 0 Å². The molecule has 2 aromatic rings. The SMILES string of the molecule is O=C(O)c1cc(S(=O)(=O)NCc2cccc(Br)c2)cs1. The quantitative estimate of drug-likeness (QED) is 0.841. The largest absolute Gasteiger partial charge is 0.477 e. The number of carboxylic acid groups (broad SMARTS) is 1. The van der Waals surface area contributed by atoms with E-state index in [4.69, 9.17) is 5.11 Å². The number of carbonyl (C=O) groups is 1. The Bertz CT molecular complexity index is 739. The number of halogens is 1. The molecule has 0 saturated carbocycles. The molecule has 0 saturated heterocycles. The molecular weight excluding hydrogens is 366 g/mol. The number of rotatable bonds is 5. The van der Waals surface area contributed by atoms with E-state index in [1.165, 1.54) is 5.38 Å². The molecule has 0 unspecified atom stereocenters. The van der Waals surface area contributed by atoms with Crippen LogP contribution in [0, 0.1) is 0 Å². The molecule has 106 valence electrons. The average Bonchev–Trinajstić information content (AvgIpc) is 2.87. The van der Waals surface area contributed by atoms with Gasteiger partial charge in [-0.15, -0.1) is 11.3 Å². The van der Waals surface area contributed by atoms with Crippen LogP contribution in [0.2, 0.25) is 0 Å². The highest BCUT2D eigenvalue weighted by atomic mass is 79.9. The summed E-state index contributed by atoms with van der Waals surface area (Å²) in [7, 11) is -3.70. The van der Waals surface area contributed by atoms with Gasteiger partial charge in [0.05, 0.1) is 4.90 Å². The molecule has 0 atom stereocenters. The first-order valence-electron chi connectivity index (χ1n) is 5.44. The maximum Gasteiger partial charge on any atom is 0.345 e. The molecule has 2 N–H and O–H groups in total. The summed E-state index contributed by atoms with van der Waals surface area (Å²) in [5.74, 6) is -1.14. The number of hydrogen-bond donors (Lipinski definition) is 2. The highest BCUT2D eigenvalue weighted by Crippen LogP contribution is 2.19. The Morgan fingerprint density at radius 2 is 2.10 bits per heavy atom. The number of sulfonamides is 1. The second-order valence-corrected chi connectivity index (χ2v) is 7.50. The first-order chi connectivity index (χ1) is 9.38. The van der Waals surface area contributed by atoms with Crippen molar-refractivity contribution in [1.29, 1.82) is 0 Å². The lowest BCUT2D eigenvalue weighted by Crippen LogP contribution is -2.22. The molecule has 0 spiro atoms. The van der Waals surface area contributed by atoms with Gasteiger partial charge in [0.25, 0.3) is 0 Å². The fourth-order valence-corrected chi connectivity index (χ4v) is 4.06. The predicted octanol–water partition coefficient (Wildman–Crippen LogP) is 2.69. The van der Waals surface area contributed by atoms with E-state index in [2.05, 4.69) is 20.7 Å². The first kappa shape index (κ1) is 15.2. The topological polar surface area (TPSA) is 83.5 Å². The van der Waals surface area contributed by atoms with Crippen molar-refractivity contribution in [3.05, 3.63) is 50.6 Å². The second kappa shape index (κ2) is 6.04. The van der Waals surface area contributed by atoms with E-state index in [1.807, 2.05) is 6.07 Å². The summed E-state index contributed by atoms with van der Waals surface area (Å²) in [6.45, 7) is 0.139. The fourth-order valence-electron chi connectivity index (χ4n) is 1.48. The third-order valence-corrected chi connectivity index (χ3v) is 5.39. The van der Waals surface area contributed by atoms with Gasteiger partial charge in [0.15, 0.2) is 0 Å². The van der Waals surface area contributed by atoms with Crippen molar-refractivity contribution < 1.29 is 18.3 Å². The number of aromatic carboxylic acids is 1. The molecule has 0 amide bonds.